The summed E-state index contributed by atoms with van der Waals surface area (Å²) in [6, 6.07) is 12.2. The molecule has 0 fully saturated rings. The first-order valence-electron chi connectivity index (χ1n) is 7.07. The van der Waals surface area contributed by atoms with Crippen molar-refractivity contribution in [2.75, 3.05) is 5.32 Å². The van der Waals surface area contributed by atoms with Crippen LogP contribution in [0.25, 0.3) is 0 Å². The quantitative estimate of drug-likeness (QED) is 0.737. The van der Waals surface area contributed by atoms with E-state index in [0.717, 1.165) is 17.1 Å². The van der Waals surface area contributed by atoms with Gasteiger partial charge in [-0.25, -0.2) is 4.98 Å². The summed E-state index contributed by atoms with van der Waals surface area (Å²) < 4.78 is 5.77. The predicted octanol–water partition coefficient (Wildman–Crippen LogP) is 4.29. The van der Waals surface area contributed by atoms with E-state index < -0.39 is 0 Å². The van der Waals surface area contributed by atoms with E-state index >= 15 is 0 Å². The first kappa shape index (κ1) is 14.5. The standard InChI is InChI=1S/C17H17N3OS/c1-13(14-5-7-18-8-6-14)20-15-3-2-4-17(9-15)21-10-16-11-22-12-19-16/h2-9,11-13,20H,10H2,1H3/t13-/m0/s1. The second kappa shape index (κ2) is 7.04. The minimum atomic E-state index is 0.205. The van der Waals surface area contributed by atoms with Gasteiger partial charge < -0.3 is 10.1 Å². The summed E-state index contributed by atoms with van der Waals surface area (Å²) in [5, 5.41) is 5.46. The van der Waals surface area contributed by atoms with E-state index in [1.165, 1.54) is 5.56 Å². The van der Waals surface area contributed by atoms with Crippen molar-refractivity contribution in [1.82, 2.24) is 9.97 Å². The minimum Gasteiger partial charge on any atom is -0.487 e. The Morgan fingerprint density at radius 1 is 1.23 bits per heavy atom. The lowest BCUT2D eigenvalue weighted by molar-refractivity contribution is 0.302. The average Bonchev–Trinajstić information content (AvgIpc) is 3.08. The van der Waals surface area contributed by atoms with Crippen LogP contribution in [0, 0.1) is 0 Å². The van der Waals surface area contributed by atoms with Gasteiger partial charge in [-0.15, -0.1) is 11.3 Å². The van der Waals surface area contributed by atoms with Gasteiger partial charge in [-0.05, 0) is 36.8 Å². The van der Waals surface area contributed by atoms with Gasteiger partial charge in [-0.1, -0.05) is 6.07 Å². The molecule has 0 unspecified atom stereocenters. The molecular formula is C17H17N3OS. The summed E-state index contributed by atoms with van der Waals surface area (Å²) in [5.41, 5.74) is 4.99. The van der Waals surface area contributed by atoms with Crippen LogP contribution in [-0.2, 0) is 6.61 Å². The summed E-state index contributed by atoms with van der Waals surface area (Å²) >= 11 is 1.58. The number of pyridine rings is 1. The van der Waals surface area contributed by atoms with Crippen molar-refractivity contribution in [1.29, 1.82) is 0 Å². The molecule has 1 atom stereocenters. The van der Waals surface area contributed by atoms with E-state index in [4.69, 9.17) is 4.74 Å². The molecule has 2 heterocycles. The van der Waals surface area contributed by atoms with Crippen LogP contribution in [0.3, 0.4) is 0 Å². The molecule has 0 spiro atoms. The first-order valence-corrected chi connectivity index (χ1v) is 8.02. The molecule has 0 saturated heterocycles. The van der Waals surface area contributed by atoms with E-state index in [-0.39, 0.29) is 6.04 Å². The van der Waals surface area contributed by atoms with E-state index in [2.05, 4.69) is 22.2 Å². The van der Waals surface area contributed by atoms with E-state index in [9.17, 15) is 0 Å². The number of aromatic nitrogens is 2. The molecule has 0 aliphatic heterocycles. The fourth-order valence-corrected chi connectivity index (χ4v) is 2.67. The lowest BCUT2D eigenvalue weighted by atomic mass is 10.1. The Hall–Kier alpha value is -2.40. The van der Waals surface area contributed by atoms with Gasteiger partial charge >= 0.3 is 0 Å². The van der Waals surface area contributed by atoms with Gasteiger partial charge in [-0.3, -0.25) is 4.98 Å². The molecule has 3 aromatic rings. The van der Waals surface area contributed by atoms with Gasteiger partial charge in [0, 0.05) is 35.6 Å². The number of rotatable bonds is 6. The predicted molar refractivity (Wildman–Crippen MR) is 89.2 cm³/mol. The van der Waals surface area contributed by atoms with E-state index in [1.54, 1.807) is 23.7 Å². The molecule has 5 heteroatoms. The highest BCUT2D eigenvalue weighted by molar-refractivity contribution is 7.07. The Labute approximate surface area is 133 Å². The van der Waals surface area contributed by atoms with Crippen LogP contribution in [0.5, 0.6) is 5.75 Å². The fourth-order valence-electron chi connectivity index (χ4n) is 2.13. The van der Waals surface area contributed by atoms with Gasteiger partial charge in [0.1, 0.15) is 12.4 Å². The molecule has 0 amide bonds. The zero-order chi connectivity index (χ0) is 15.2. The number of hydrogen-bond donors (Lipinski definition) is 1. The molecule has 0 saturated carbocycles. The topological polar surface area (TPSA) is 47.0 Å². The molecule has 2 aromatic heterocycles. The number of nitrogens with one attached hydrogen (secondary N) is 1. The highest BCUT2D eigenvalue weighted by Crippen LogP contribution is 2.23. The molecule has 0 aliphatic rings. The summed E-state index contributed by atoms with van der Waals surface area (Å²) in [6.07, 6.45) is 3.61. The zero-order valence-electron chi connectivity index (χ0n) is 12.3. The van der Waals surface area contributed by atoms with Crippen molar-refractivity contribution in [3.63, 3.8) is 0 Å². The van der Waals surface area contributed by atoms with Gasteiger partial charge in [0.25, 0.3) is 0 Å². The van der Waals surface area contributed by atoms with E-state index in [1.807, 2.05) is 47.3 Å². The maximum atomic E-state index is 5.77. The zero-order valence-corrected chi connectivity index (χ0v) is 13.1. The van der Waals surface area contributed by atoms with Crippen LogP contribution in [0.4, 0.5) is 5.69 Å². The third kappa shape index (κ3) is 3.83. The molecule has 112 valence electrons. The number of hydrogen-bond acceptors (Lipinski definition) is 5. The van der Waals surface area contributed by atoms with Gasteiger partial charge in [-0.2, -0.15) is 0 Å². The fraction of sp³-hybridized carbons (Fsp3) is 0.176. The van der Waals surface area contributed by atoms with E-state index in [0.29, 0.717) is 6.61 Å². The van der Waals surface area contributed by atoms with Crippen molar-refractivity contribution in [3.8, 4) is 5.75 Å². The van der Waals surface area contributed by atoms with Crippen LogP contribution in [0.15, 0.2) is 59.7 Å². The minimum absolute atomic E-state index is 0.205. The Kier molecular flexibility index (Phi) is 4.65. The summed E-state index contributed by atoms with van der Waals surface area (Å²) in [5.74, 6) is 0.833. The molecule has 0 bridgehead atoms. The molecule has 0 aliphatic carbocycles. The smallest absolute Gasteiger partial charge is 0.131 e. The number of thiazole rings is 1. The maximum absolute atomic E-state index is 5.77. The van der Waals surface area contributed by atoms with Crippen LogP contribution >= 0.6 is 11.3 Å². The summed E-state index contributed by atoms with van der Waals surface area (Å²) in [4.78, 5) is 8.26. The van der Waals surface area contributed by atoms with Crippen molar-refractivity contribution in [2.45, 2.75) is 19.6 Å². The van der Waals surface area contributed by atoms with Gasteiger partial charge in [0.15, 0.2) is 0 Å². The molecule has 1 N–H and O–H groups in total. The summed E-state index contributed by atoms with van der Waals surface area (Å²) in [7, 11) is 0. The monoisotopic (exact) mass is 311 g/mol. The Morgan fingerprint density at radius 3 is 2.86 bits per heavy atom. The highest BCUT2D eigenvalue weighted by Gasteiger charge is 2.05. The van der Waals surface area contributed by atoms with Crippen LogP contribution in [-0.4, -0.2) is 9.97 Å². The van der Waals surface area contributed by atoms with Gasteiger partial charge in [0.05, 0.1) is 11.2 Å². The molecule has 4 nitrogen and oxygen atoms in total. The molecule has 22 heavy (non-hydrogen) atoms. The lowest BCUT2D eigenvalue weighted by Gasteiger charge is -2.16. The third-order valence-electron chi connectivity index (χ3n) is 3.29. The Morgan fingerprint density at radius 2 is 2.09 bits per heavy atom. The van der Waals surface area contributed by atoms with Gasteiger partial charge in [0.2, 0.25) is 0 Å². The molecular weight excluding hydrogens is 294 g/mol. The van der Waals surface area contributed by atoms with Crippen molar-refractivity contribution in [2.24, 2.45) is 0 Å². The second-order valence-electron chi connectivity index (χ2n) is 4.94. The van der Waals surface area contributed by atoms with Crippen LogP contribution in [0.1, 0.15) is 24.2 Å². The largest absolute Gasteiger partial charge is 0.487 e. The molecule has 0 radical (unpaired) electrons. The molecule has 3 rings (SSSR count). The van der Waals surface area contributed by atoms with Crippen LogP contribution in [0.2, 0.25) is 0 Å². The number of benzene rings is 1. The second-order valence-corrected chi connectivity index (χ2v) is 5.66. The van der Waals surface area contributed by atoms with Crippen molar-refractivity contribution >= 4 is 17.0 Å². The van der Waals surface area contributed by atoms with Crippen LogP contribution < -0.4 is 10.1 Å². The summed E-state index contributed by atoms with van der Waals surface area (Å²) in [6.45, 7) is 2.62. The number of ether oxygens (including phenoxy) is 1. The number of anilines is 1. The number of nitrogens with zero attached hydrogens (tertiary/aromatic N) is 2. The third-order valence-corrected chi connectivity index (χ3v) is 3.93. The van der Waals surface area contributed by atoms with Crippen molar-refractivity contribution in [3.05, 3.63) is 70.9 Å². The first-order chi connectivity index (χ1) is 10.8. The average molecular weight is 311 g/mol. The normalized spacial score (nSPS) is 11.9. The van der Waals surface area contributed by atoms with Crippen molar-refractivity contribution < 1.29 is 4.74 Å². The lowest BCUT2D eigenvalue weighted by Crippen LogP contribution is -2.06. The Balaban J connectivity index is 1.63. The molecule has 1 aromatic carbocycles. The Bertz CT molecular complexity index is 701. The SMILES string of the molecule is C[C@H](Nc1cccc(OCc2cscn2)c1)c1ccncc1. The maximum Gasteiger partial charge on any atom is 0.131 e. The highest BCUT2D eigenvalue weighted by atomic mass is 32.1.